The smallest absolute Gasteiger partial charge is 0.658 e. The Morgan fingerprint density at radius 1 is 0.189 bits per heavy atom. The largest absolute Gasteiger partial charge is 3.00 e. The number of ether oxygens (including phenoxy) is 4. The van der Waals surface area contributed by atoms with Crippen LogP contribution in [0.4, 0.5) is 45.5 Å². The summed E-state index contributed by atoms with van der Waals surface area (Å²) in [5, 5.41) is 17.8. The molecule has 8 aromatic carbocycles. The molecule has 0 bridgehead atoms. The van der Waals surface area contributed by atoms with Crippen molar-refractivity contribution in [1.82, 2.24) is 0 Å². The Morgan fingerprint density at radius 3 is 0.378 bits per heavy atom. The van der Waals surface area contributed by atoms with Crippen molar-refractivity contribution < 1.29 is 76.0 Å². The first-order valence-electron chi connectivity index (χ1n) is 25.4. The summed E-state index contributed by atoms with van der Waals surface area (Å²) in [6, 6.07) is 79.6. The van der Waals surface area contributed by atoms with Crippen LogP contribution in [0.15, 0.2) is 243 Å². The quantitative estimate of drug-likeness (QED) is 0.142. The predicted molar refractivity (Wildman–Crippen MR) is 302 cm³/mol. The normalized spacial score (nSPS) is 13.2. The molecule has 4 heterocycles. The van der Waals surface area contributed by atoms with Crippen molar-refractivity contribution in [2.75, 3.05) is 52.9 Å². The molecule has 1 radical (unpaired) electrons. The molecule has 0 atom stereocenters. The van der Waals surface area contributed by atoms with Crippen molar-refractivity contribution in [3.8, 4) is 0 Å². The molecule has 0 N–H and O–H groups in total. The van der Waals surface area contributed by atoms with Gasteiger partial charge in [0.2, 0.25) is 0 Å². The van der Waals surface area contributed by atoms with Crippen LogP contribution in [-0.2, 0) is 18.9 Å². The Bertz CT molecular complexity index is 1880. The van der Waals surface area contributed by atoms with Gasteiger partial charge in [-0.25, -0.2) is 0 Å². The van der Waals surface area contributed by atoms with Crippen molar-refractivity contribution in [3.05, 3.63) is 264 Å². The molecular weight excluding hydrogens is 1060 g/mol. The summed E-state index contributed by atoms with van der Waals surface area (Å²) in [6.07, 6.45) is 10.2. The summed E-state index contributed by atoms with van der Waals surface area (Å²) < 4.78 is 19.8. The van der Waals surface area contributed by atoms with Crippen LogP contribution in [0.5, 0.6) is 0 Å². The summed E-state index contributed by atoms with van der Waals surface area (Å²) in [5.41, 5.74) is 7.95. The summed E-state index contributed by atoms with van der Waals surface area (Å²) in [4.78, 5) is 0. The molecule has 0 aliphatic carbocycles. The van der Waals surface area contributed by atoms with E-state index in [4.69, 9.17) is 18.9 Å². The standard InChI is InChI=1S/4C12H10N.4C4H8O.Dy.Li/c4*1-3-7-11(8-4-1)13-12-9-5-2-6-10-12;4*1-2-4-5-3-1;;/h4*1-10H;4*1-4H2;;/q4*-1;;;;;+3;+1. The van der Waals surface area contributed by atoms with Gasteiger partial charge in [0.05, 0.1) is 0 Å². The predicted octanol–water partition coefficient (Wildman–Crippen LogP) is 16.3. The zero-order chi connectivity index (χ0) is 49.9. The van der Waals surface area contributed by atoms with Gasteiger partial charge in [-0.05, 0) is 51.4 Å². The minimum atomic E-state index is 0. The van der Waals surface area contributed by atoms with Crippen LogP contribution in [0.3, 0.4) is 0 Å². The Morgan fingerprint density at radius 2 is 0.297 bits per heavy atom. The molecule has 12 rings (SSSR count). The van der Waals surface area contributed by atoms with E-state index in [1.54, 1.807) is 0 Å². The van der Waals surface area contributed by atoms with Gasteiger partial charge < -0.3 is 40.2 Å². The fraction of sp³-hybridized carbons (Fsp3) is 0.250. The molecule has 0 amide bonds. The van der Waals surface area contributed by atoms with E-state index in [1.165, 1.54) is 51.4 Å². The maximum Gasteiger partial charge on any atom is 3.00 e. The first-order chi connectivity index (χ1) is 35.8. The fourth-order valence-corrected chi connectivity index (χ4v) is 6.66. The van der Waals surface area contributed by atoms with E-state index in [0.29, 0.717) is 0 Å². The minimum absolute atomic E-state index is 0. The van der Waals surface area contributed by atoms with Crippen molar-refractivity contribution in [2.45, 2.75) is 51.4 Å². The second-order valence-corrected chi connectivity index (χ2v) is 16.4. The van der Waals surface area contributed by atoms with Gasteiger partial charge in [0.1, 0.15) is 0 Å². The first-order valence-corrected chi connectivity index (χ1v) is 25.4. The number of hydrogen-bond acceptors (Lipinski definition) is 4. The molecule has 0 aromatic heterocycles. The third-order valence-electron chi connectivity index (χ3n) is 10.4. The molecule has 4 aliphatic heterocycles. The zero-order valence-electron chi connectivity index (χ0n) is 43.1. The van der Waals surface area contributed by atoms with E-state index in [-0.39, 0.29) is 57.0 Å². The second kappa shape index (κ2) is 44.0. The van der Waals surface area contributed by atoms with Crippen LogP contribution < -0.4 is 18.9 Å². The number of rotatable bonds is 8. The number of nitrogens with zero attached hydrogens (tertiary/aromatic N) is 4. The average molecular weight is 1130 g/mol. The summed E-state index contributed by atoms with van der Waals surface area (Å²) in [7, 11) is 0. The number of para-hydroxylation sites is 8. The van der Waals surface area contributed by atoms with Gasteiger partial charge in [-0.2, -0.15) is 0 Å². The molecule has 10 heteroatoms. The van der Waals surface area contributed by atoms with Crippen LogP contribution in [-0.4, -0.2) is 52.9 Å². The van der Waals surface area contributed by atoms with Gasteiger partial charge in [0, 0.05) is 52.9 Å². The molecule has 74 heavy (non-hydrogen) atoms. The Labute approximate surface area is 485 Å². The Balaban J connectivity index is 0.000000229. The third-order valence-corrected chi connectivity index (χ3v) is 10.4. The Kier molecular flexibility index (Phi) is 37.4. The van der Waals surface area contributed by atoms with E-state index < -0.39 is 0 Å². The van der Waals surface area contributed by atoms with Gasteiger partial charge in [-0.3, -0.25) is 0 Å². The molecule has 4 saturated heterocycles. The molecule has 383 valence electrons. The van der Waals surface area contributed by atoms with Crippen LogP contribution in [0, 0.1) is 38.2 Å². The molecule has 4 aliphatic rings. The molecule has 8 aromatic rings. The van der Waals surface area contributed by atoms with Crippen molar-refractivity contribution in [1.29, 1.82) is 0 Å². The van der Waals surface area contributed by atoms with Crippen molar-refractivity contribution >= 4 is 45.5 Å². The molecule has 0 spiro atoms. The molecule has 0 unspecified atom stereocenters. The van der Waals surface area contributed by atoms with Crippen molar-refractivity contribution in [3.63, 3.8) is 0 Å². The topological polar surface area (TPSA) is 93.3 Å². The van der Waals surface area contributed by atoms with E-state index >= 15 is 0 Å². The van der Waals surface area contributed by atoms with Gasteiger partial charge in [-0.15, -0.1) is 45.5 Å². The first kappa shape index (κ1) is 63.0. The van der Waals surface area contributed by atoms with Gasteiger partial charge >= 0.3 is 57.0 Å². The number of hydrogen-bond donors (Lipinski definition) is 0. The molecular formula is C64H72DyLiN4O4. The summed E-state index contributed by atoms with van der Waals surface area (Å²) >= 11 is 0. The van der Waals surface area contributed by atoms with Gasteiger partial charge in [0.25, 0.3) is 0 Å². The third kappa shape index (κ3) is 32.1. The fourth-order valence-electron chi connectivity index (χ4n) is 6.66. The Hall–Kier alpha value is -5.33. The van der Waals surface area contributed by atoms with Crippen LogP contribution in [0.2, 0.25) is 0 Å². The molecule has 4 fully saturated rings. The van der Waals surface area contributed by atoms with Crippen molar-refractivity contribution in [2.24, 2.45) is 0 Å². The molecule has 8 nitrogen and oxygen atoms in total. The van der Waals surface area contributed by atoms with Gasteiger partial charge in [0.15, 0.2) is 0 Å². The van der Waals surface area contributed by atoms with E-state index in [1.807, 2.05) is 243 Å². The van der Waals surface area contributed by atoms with E-state index in [2.05, 4.69) is 21.3 Å². The summed E-state index contributed by atoms with van der Waals surface area (Å²) in [5.74, 6) is 0. The maximum absolute atomic E-state index is 4.94. The summed E-state index contributed by atoms with van der Waals surface area (Å²) in [6.45, 7) is 8.00. The SMILES string of the molecule is C1CCOC1.C1CCOC1.C1CCOC1.C1CCOC1.[Dy+3].[Li+].c1ccc([N-]c2ccccc2)cc1.c1ccc([N-]c2ccccc2)cc1.c1ccc([N-]c2ccccc2)cc1.c1ccc([N-]c2ccccc2)cc1. The van der Waals surface area contributed by atoms with Crippen LogP contribution in [0.25, 0.3) is 21.3 Å². The second-order valence-electron chi connectivity index (χ2n) is 16.4. The van der Waals surface area contributed by atoms with E-state index in [0.717, 1.165) is 98.4 Å². The molecule has 0 saturated carbocycles. The van der Waals surface area contributed by atoms with Crippen LogP contribution in [0.1, 0.15) is 51.4 Å². The van der Waals surface area contributed by atoms with Crippen LogP contribution >= 0.6 is 0 Å². The average Bonchev–Trinajstić information content (AvgIpc) is 4.33. The number of benzene rings is 8. The van der Waals surface area contributed by atoms with E-state index in [9.17, 15) is 0 Å². The maximum atomic E-state index is 4.94. The van der Waals surface area contributed by atoms with Gasteiger partial charge in [-0.1, -0.05) is 243 Å². The minimum Gasteiger partial charge on any atom is -0.658 e. The monoisotopic (exact) mass is 1130 g/mol. The zero-order valence-corrected chi connectivity index (χ0v) is 45.2.